The molecular formula is C8H8NO5S-. The molecule has 0 aromatic heterocycles. The van der Waals surface area contributed by atoms with Gasteiger partial charge in [0.25, 0.3) is 11.8 Å². The largest absolute Gasteiger partial charge is 0.748 e. The molecule has 0 aromatic rings. The van der Waals surface area contributed by atoms with Gasteiger partial charge in [0.2, 0.25) is 0 Å². The number of imide groups is 1. The molecule has 1 unspecified atom stereocenters. The molecule has 0 radical (unpaired) electrons. The monoisotopic (exact) mass is 230 g/mol. The molecule has 15 heavy (non-hydrogen) atoms. The molecule has 2 amide bonds. The van der Waals surface area contributed by atoms with Crippen molar-refractivity contribution in [2.75, 3.05) is 0 Å². The van der Waals surface area contributed by atoms with Crippen LogP contribution in [0.1, 0.15) is 25.7 Å². The van der Waals surface area contributed by atoms with Crippen molar-refractivity contribution in [1.29, 1.82) is 0 Å². The van der Waals surface area contributed by atoms with Gasteiger partial charge in [0.05, 0.1) is 0 Å². The predicted molar refractivity (Wildman–Crippen MR) is 47.4 cm³/mol. The van der Waals surface area contributed by atoms with E-state index < -0.39 is 23.2 Å². The average molecular weight is 230 g/mol. The van der Waals surface area contributed by atoms with E-state index in [0.29, 0.717) is 29.1 Å². The van der Waals surface area contributed by atoms with E-state index in [2.05, 4.69) is 4.28 Å². The van der Waals surface area contributed by atoms with Crippen LogP contribution in [0.15, 0.2) is 11.1 Å². The molecular weight excluding hydrogens is 222 g/mol. The minimum absolute atomic E-state index is 0.319. The normalized spacial score (nSPS) is 23.4. The lowest BCUT2D eigenvalue weighted by molar-refractivity contribution is -0.163. The number of hydrogen-bond donors (Lipinski definition) is 0. The second-order valence-corrected chi connectivity index (χ2v) is 3.90. The van der Waals surface area contributed by atoms with Crippen LogP contribution in [0.25, 0.3) is 0 Å². The average Bonchev–Trinajstić information content (AvgIpc) is 2.44. The Kier molecular flexibility index (Phi) is 2.68. The van der Waals surface area contributed by atoms with Crippen LogP contribution < -0.4 is 0 Å². The summed E-state index contributed by atoms with van der Waals surface area (Å²) in [6.45, 7) is 0. The Morgan fingerprint density at radius 2 is 1.60 bits per heavy atom. The van der Waals surface area contributed by atoms with Gasteiger partial charge in [-0.25, -0.2) is 4.21 Å². The maximum absolute atomic E-state index is 11.5. The molecule has 0 bridgehead atoms. The zero-order chi connectivity index (χ0) is 11.0. The van der Waals surface area contributed by atoms with Crippen LogP contribution in [0, 0.1) is 0 Å². The quantitative estimate of drug-likeness (QED) is 0.490. The van der Waals surface area contributed by atoms with Gasteiger partial charge in [0.1, 0.15) is 11.4 Å². The zero-order valence-corrected chi connectivity index (χ0v) is 8.54. The molecule has 0 saturated carbocycles. The lowest BCUT2D eigenvalue weighted by Crippen LogP contribution is -2.32. The van der Waals surface area contributed by atoms with Crippen molar-refractivity contribution in [1.82, 2.24) is 5.06 Å². The van der Waals surface area contributed by atoms with Crippen LogP contribution in [-0.4, -0.2) is 25.6 Å². The fourth-order valence-electron chi connectivity index (χ4n) is 1.84. The lowest BCUT2D eigenvalue weighted by atomic mass is 9.93. The van der Waals surface area contributed by atoms with Crippen LogP contribution in [0.5, 0.6) is 0 Å². The van der Waals surface area contributed by atoms with E-state index in [-0.39, 0.29) is 0 Å². The van der Waals surface area contributed by atoms with Crippen molar-refractivity contribution in [3.63, 3.8) is 0 Å². The van der Waals surface area contributed by atoms with Crippen LogP contribution >= 0.6 is 0 Å². The topological polar surface area (TPSA) is 86.7 Å². The molecule has 0 aromatic carbocycles. The Balaban J connectivity index is 2.25. The SMILES string of the molecule is O=C1C2=C(CCCC2)C(=O)N1OS(=O)[O-]. The summed E-state index contributed by atoms with van der Waals surface area (Å²) in [6, 6.07) is 0. The standard InChI is InChI=1S/C8H9NO5S/c10-7-5-3-1-2-4-6(5)8(11)9(7)14-15(12)13/h1-4H2,(H,12,13)/p-1. The maximum Gasteiger partial charge on any atom is 0.282 e. The van der Waals surface area contributed by atoms with Gasteiger partial charge in [0, 0.05) is 11.1 Å². The molecule has 1 heterocycles. The zero-order valence-electron chi connectivity index (χ0n) is 7.73. The number of carbonyl (C=O) groups excluding carboxylic acids is 2. The molecule has 0 saturated heterocycles. The van der Waals surface area contributed by atoms with Gasteiger partial charge in [-0.05, 0) is 25.7 Å². The van der Waals surface area contributed by atoms with Crippen molar-refractivity contribution in [2.24, 2.45) is 0 Å². The molecule has 7 heteroatoms. The predicted octanol–water partition coefficient (Wildman–Crippen LogP) is -0.0485. The van der Waals surface area contributed by atoms with Crippen LogP contribution in [0.4, 0.5) is 0 Å². The van der Waals surface area contributed by atoms with E-state index in [0.717, 1.165) is 12.8 Å². The molecule has 82 valence electrons. The summed E-state index contributed by atoms with van der Waals surface area (Å²) in [5.41, 5.74) is 0.799. The number of rotatable bonds is 2. The third-order valence-electron chi connectivity index (χ3n) is 2.49. The molecule has 1 atom stereocenters. The number of hydroxylamine groups is 2. The highest BCUT2D eigenvalue weighted by Gasteiger charge is 2.40. The molecule has 1 aliphatic carbocycles. The summed E-state index contributed by atoms with van der Waals surface area (Å²) in [5, 5.41) is 0.319. The number of nitrogens with zero attached hydrogens (tertiary/aromatic N) is 1. The van der Waals surface area contributed by atoms with Gasteiger partial charge < -0.3 is 4.55 Å². The van der Waals surface area contributed by atoms with E-state index in [1.54, 1.807) is 0 Å². The first-order valence-corrected chi connectivity index (χ1v) is 5.50. The number of hydrogen-bond acceptors (Lipinski definition) is 5. The minimum Gasteiger partial charge on any atom is -0.748 e. The molecule has 1 aliphatic heterocycles. The first kappa shape index (κ1) is 10.5. The Hall–Kier alpha value is -1.05. The molecule has 0 fully saturated rings. The van der Waals surface area contributed by atoms with Crippen molar-refractivity contribution in [2.45, 2.75) is 25.7 Å². The molecule has 0 N–H and O–H groups in total. The van der Waals surface area contributed by atoms with E-state index in [9.17, 15) is 18.4 Å². The summed E-state index contributed by atoms with van der Waals surface area (Å²) >= 11 is -2.90. The van der Waals surface area contributed by atoms with Gasteiger partial charge in [-0.3, -0.25) is 9.59 Å². The first-order valence-electron chi connectivity index (χ1n) is 4.50. The third kappa shape index (κ3) is 1.73. The van der Waals surface area contributed by atoms with Crippen molar-refractivity contribution in [3.8, 4) is 0 Å². The van der Waals surface area contributed by atoms with Crippen LogP contribution in [0.3, 0.4) is 0 Å². The summed E-state index contributed by atoms with van der Waals surface area (Å²) in [5.74, 6) is -1.28. The van der Waals surface area contributed by atoms with Crippen LogP contribution in [-0.2, 0) is 25.2 Å². The highest BCUT2D eigenvalue weighted by molar-refractivity contribution is 7.74. The smallest absolute Gasteiger partial charge is 0.282 e. The summed E-state index contributed by atoms with van der Waals surface area (Å²) in [6.07, 6.45) is 2.72. The highest BCUT2D eigenvalue weighted by Crippen LogP contribution is 2.32. The second-order valence-electron chi connectivity index (χ2n) is 3.35. The minimum atomic E-state index is -2.90. The fraction of sp³-hybridized carbons (Fsp3) is 0.500. The second kappa shape index (κ2) is 3.84. The Morgan fingerprint density at radius 1 is 1.13 bits per heavy atom. The van der Waals surface area contributed by atoms with Gasteiger partial charge in [-0.15, -0.1) is 5.06 Å². The third-order valence-corrected chi connectivity index (χ3v) is 2.76. The van der Waals surface area contributed by atoms with E-state index >= 15 is 0 Å². The van der Waals surface area contributed by atoms with Gasteiger partial charge in [-0.1, -0.05) is 0 Å². The lowest BCUT2D eigenvalue weighted by Gasteiger charge is -2.14. The van der Waals surface area contributed by atoms with Crippen molar-refractivity contribution < 1.29 is 22.6 Å². The Morgan fingerprint density at radius 3 is 2.00 bits per heavy atom. The van der Waals surface area contributed by atoms with Gasteiger partial charge in [0.15, 0.2) is 0 Å². The van der Waals surface area contributed by atoms with E-state index in [4.69, 9.17) is 0 Å². The number of carbonyl (C=O) groups is 2. The Bertz CT molecular complexity index is 360. The summed E-state index contributed by atoms with van der Waals surface area (Å²) in [4.78, 5) is 23.1. The molecule has 6 nitrogen and oxygen atoms in total. The van der Waals surface area contributed by atoms with E-state index in [1.165, 1.54) is 0 Å². The van der Waals surface area contributed by atoms with Gasteiger partial charge in [-0.2, -0.15) is 4.28 Å². The molecule has 0 spiro atoms. The van der Waals surface area contributed by atoms with E-state index in [1.807, 2.05) is 0 Å². The maximum atomic E-state index is 11.5. The highest BCUT2D eigenvalue weighted by atomic mass is 32.2. The summed E-state index contributed by atoms with van der Waals surface area (Å²) < 4.78 is 24.7. The molecule has 2 rings (SSSR count). The molecule has 2 aliphatic rings. The summed E-state index contributed by atoms with van der Waals surface area (Å²) in [7, 11) is 0. The van der Waals surface area contributed by atoms with Gasteiger partial charge >= 0.3 is 0 Å². The van der Waals surface area contributed by atoms with Crippen molar-refractivity contribution >= 4 is 23.2 Å². The Labute approximate surface area is 88.3 Å². The van der Waals surface area contributed by atoms with Crippen LogP contribution in [0.2, 0.25) is 0 Å². The first-order chi connectivity index (χ1) is 7.11. The fourth-order valence-corrected chi connectivity index (χ4v) is 2.10. The van der Waals surface area contributed by atoms with Crippen molar-refractivity contribution in [3.05, 3.63) is 11.1 Å². The number of amides is 2.